The summed E-state index contributed by atoms with van der Waals surface area (Å²) in [4.78, 5) is 12.4. The molecule has 0 heterocycles. The summed E-state index contributed by atoms with van der Waals surface area (Å²) in [6.07, 6.45) is 0.186. The van der Waals surface area contributed by atoms with Crippen molar-refractivity contribution in [2.45, 2.75) is 12.5 Å². The number of thiocarbonyl (C=S) groups is 1. The van der Waals surface area contributed by atoms with Crippen LogP contribution in [0.5, 0.6) is 0 Å². The lowest BCUT2D eigenvalue weighted by Crippen LogP contribution is -2.37. The van der Waals surface area contributed by atoms with Crippen LogP contribution in [0.25, 0.3) is 0 Å². The first kappa shape index (κ1) is 15.5. The van der Waals surface area contributed by atoms with Crippen molar-refractivity contribution in [2.24, 2.45) is 5.73 Å². The van der Waals surface area contributed by atoms with E-state index < -0.39 is 6.04 Å². The summed E-state index contributed by atoms with van der Waals surface area (Å²) in [6, 6.07) is 16.2. The third-order valence-electron chi connectivity index (χ3n) is 3.03. The van der Waals surface area contributed by atoms with Crippen molar-refractivity contribution in [3.8, 4) is 0 Å². The van der Waals surface area contributed by atoms with Crippen molar-refractivity contribution < 1.29 is 4.79 Å². The quantitative estimate of drug-likeness (QED) is 0.833. The molecule has 2 aromatic carbocycles. The van der Waals surface area contributed by atoms with E-state index in [0.717, 1.165) is 11.1 Å². The molecule has 108 valence electrons. The van der Waals surface area contributed by atoms with Gasteiger partial charge in [-0.05, 0) is 17.2 Å². The predicted molar refractivity (Wildman–Crippen MR) is 89.3 cm³/mol. The standard InChI is InChI=1S/C16H15ClN2OS/c17-13-9-5-4-8-12(13)10-14(20)19-15(16(18)21)11-6-2-1-3-7-11/h1-9,15H,10H2,(H2,18,21)(H,19,20). The van der Waals surface area contributed by atoms with E-state index in [0.29, 0.717) is 5.02 Å². The average molecular weight is 319 g/mol. The van der Waals surface area contributed by atoms with Crippen molar-refractivity contribution in [1.29, 1.82) is 0 Å². The van der Waals surface area contributed by atoms with Crippen LogP contribution >= 0.6 is 23.8 Å². The first-order chi connectivity index (χ1) is 10.1. The first-order valence-corrected chi connectivity index (χ1v) is 7.23. The van der Waals surface area contributed by atoms with Crippen molar-refractivity contribution in [3.05, 3.63) is 70.7 Å². The highest BCUT2D eigenvalue weighted by Gasteiger charge is 2.17. The van der Waals surface area contributed by atoms with Gasteiger partial charge in [-0.2, -0.15) is 0 Å². The minimum atomic E-state index is -0.476. The summed E-state index contributed by atoms with van der Waals surface area (Å²) in [5.74, 6) is -0.176. The van der Waals surface area contributed by atoms with Gasteiger partial charge < -0.3 is 11.1 Å². The Labute approximate surface area is 134 Å². The van der Waals surface area contributed by atoms with Gasteiger partial charge in [0, 0.05) is 5.02 Å². The molecule has 0 radical (unpaired) electrons. The number of carbonyl (C=O) groups is 1. The maximum absolute atomic E-state index is 12.2. The van der Waals surface area contributed by atoms with Gasteiger partial charge in [0.1, 0.15) is 11.0 Å². The van der Waals surface area contributed by atoms with Crippen molar-refractivity contribution in [2.75, 3.05) is 0 Å². The molecule has 0 bridgehead atoms. The molecule has 0 saturated heterocycles. The summed E-state index contributed by atoms with van der Waals surface area (Å²) in [7, 11) is 0. The van der Waals surface area contributed by atoms with Gasteiger partial charge in [0.05, 0.1) is 6.42 Å². The van der Waals surface area contributed by atoms with Crippen LogP contribution in [0.15, 0.2) is 54.6 Å². The Bertz CT molecular complexity index is 646. The lowest BCUT2D eigenvalue weighted by atomic mass is 10.1. The topological polar surface area (TPSA) is 55.1 Å². The Balaban J connectivity index is 2.10. The van der Waals surface area contributed by atoms with Crippen molar-refractivity contribution >= 4 is 34.7 Å². The smallest absolute Gasteiger partial charge is 0.225 e. The van der Waals surface area contributed by atoms with Gasteiger partial charge in [0.15, 0.2) is 0 Å². The van der Waals surface area contributed by atoms with E-state index in [-0.39, 0.29) is 17.3 Å². The largest absolute Gasteiger partial charge is 0.391 e. The van der Waals surface area contributed by atoms with Gasteiger partial charge in [-0.1, -0.05) is 72.3 Å². The lowest BCUT2D eigenvalue weighted by Gasteiger charge is -2.18. The number of benzene rings is 2. The Morgan fingerprint density at radius 3 is 2.38 bits per heavy atom. The third-order valence-corrected chi connectivity index (χ3v) is 3.64. The highest BCUT2D eigenvalue weighted by molar-refractivity contribution is 7.80. The van der Waals surface area contributed by atoms with Crippen LogP contribution in [0, 0.1) is 0 Å². The fourth-order valence-corrected chi connectivity index (χ4v) is 2.39. The highest BCUT2D eigenvalue weighted by atomic mass is 35.5. The van der Waals surface area contributed by atoms with E-state index in [1.54, 1.807) is 6.07 Å². The number of amides is 1. The summed E-state index contributed by atoms with van der Waals surface area (Å²) >= 11 is 11.1. The fourth-order valence-electron chi connectivity index (χ4n) is 1.99. The molecule has 0 aliphatic carbocycles. The molecule has 0 fully saturated rings. The van der Waals surface area contributed by atoms with E-state index in [9.17, 15) is 4.79 Å². The molecule has 0 spiro atoms. The molecule has 0 aliphatic rings. The molecule has 0 aliphatic heterocycles. The third kappa shape index (κ3) is 4.28. The molecule has 2 aromatic rings. The molecule has 0 aromatic heterocycles. The minimum Gasteiger partial charge on any atom is -0.391 e. The number of halogens is 1. The lowest BCUT2D eigenvalue weighted by molar-refractivity contribution is -0.120. The molecule has 3 N–H and O–H groups in total. The van der Waals surface area contributed by atoms with Crippen LogP contribution in [0.3, 0.4) is 0 Å². The zero-order valence-corrected chi connectivity index (χ0v) is 12.8. The van der Waals surface area contributed by atoms with E-state index in [2.05, 4.69) is 5.32 Å². The minimum absolute atomic E-state index is 0.176. The second-order valence-electron chi connectivity index (χ2n) is 4.58. The van der Waals surface area contributed by atoms with Crippen LogP contribution < -0.4 is 11.1 Å². The number of nitrogens with two attached hydrogens (primary N) is 1. The second-order valence-corrected chi connectivity index (χ2v) is 5.46. The number of hydrogen-bond acceptors (Lipinski definition) is 2. The first-order valence-electron chi connectivity index (χ1n) is 6.45. The molecule has 1 unspecified atom stereocenters. The van der Waals surface area contributed by atoms with E-state index in [4.69, 9.17) is 29.6 Å². The van der Waals surface area contributed by atoms with E-state index >= 15 is 0 Å². The molecular formula is C16H15ClN2OS. The maximum atomic E-state index is 12.2. The average Bonchev–Trinajstić information content (AvgIpc) is 2.48. The summed E-state index contributed by atoms with van der Waals surface area (Å²) < 4.78 is 0. The van der Waals surface area contributed by atoms with Crippen LogP contribution in [0.2, 0.25) is 5.02 Å². The molecule has 1 amide bonds. The fraction of sp³-hybridized carbons (Fsp3) is 0.125. The van der Waals surface area contributed by atoms with Gasteiger partial charge in [-0.15, -0.1) is 0 Å². The van der Waals surface area contributed by atoms with Crippen LogP contribution in [0.4, 0.5) is 0 Å². The van der Waals surface area contributed by atoms with Gasteiger partial charge in [0.2, 0.25) is 5.91 Å². The van der Waals surface area contributed by atoms with Crippen LogP contribution in [-0.2, 0) is 11.2 Å². The Morgan fingerprint density at radius 1 is 1.14 bits per heavy atom. The van der Waals surface area contributed by atoms with Gasteiger partial charge in [-0.3, -0.25) is 4.79 Å². The molecule has 21 heavy (non-hydrogen) atoms. The van der Waals surface area contributed by atoms with Crippen molar-refractivity contribution in [3.63, 3.8) is 0 Å². The molecular weight excluding hydrogens is 304 g/mol. The van der Waals surface area contributed by atoms with Gasteiger partial charge in [-0.25, -0.2) is 0 Å². The molecule has 0 saturated carbocycles. The molecule has 5 heteroatoms. The number of carbonyl (C=O) groups excluding carboxylic acids is 1. The maximum Gasteiger partial charge on any atom is 0.225 e. The second kappa shape index (κ2) is 7.20. The van der Waals surface area contributed by atoms with Gasteiger partial charge >= 0.3 is 0 Å². The Kier molecular flexibility index (Phi) is 5.31. The number of rotatable bonds is 5. The number of hydrogen-bond donors (Lipinski definition) is 2. The summed E-state index contributed by atoms with van der Waals surface area (Å²) in [5.41, 5.74) is 7.36. The Hall–Kier alpha value is -1.91. The number of nitrogens with one attached hydrogen (secondary N) is 1. The monoisotopic (exact) mass is 318 g/mol. The summed E-state index contributed by atoms with van der Waals surface area (Å²) in [5, 5.41) is 3.41. The van der Waals surface area contributed by atoms with Gasteiger partial charge in [0.25, 0.3) is 0 Å². The predicted octanol–water partition coefficient (Wildman–Crippen LogP) is 3.03. The SMILES string of the molecule is NC(=S)C(NC(=O)Cc1ccccc1Cl)c1ccccc1. The molecule has 2 rings (SSSR count). The summed E-state index contributed by atoms with van der Waals surface area (Å²) in [6.45, 7) is 0. The van der Waals surface area contributed by atoms with Crippen LogP contribution in [0.1, 0.15) is 17.2 Å². The van der Waals surface area contributed by atoms with Crippen molar-refractivity contribution in [1.82, 2.24) is 5.32 Å². The molecule has 1 atom stereocenters. The molecule has 3 nitrogen and oxygen atoms in total. The highest BCUT2D eigenvalue weighted by Crippen LogP contribution is 2.17. The normalized spacial score (nSPS) is 11.7. The van der Waals surface area contributed by atoms with Crippen LogP contribution in [-0.4, -0.2) is 10.9 Å². The zero-order chi connectivity index (χ0) is 15.2. The zero-order valence-electron chi connectivity index (χ0n) is 11.3. The Morgan fingerprint density at radius 2 is 1.76 bits per heavy atom. The van der Waals surface area contributed by atoms with E-state index in [1.165, 1.54) is 0 Å². The van der Waals surface area contributed by atoms with E-state index in [1.807, 2.05) is 48.5 Å².